The zero-order valence-electron chi connectivity index (χ0n) is 23.0. The van der Waals surface area contributed by atoms with Gasteiger partial charge in [0.15, 0.2) is 0 Å². The molecule has 10 heteroatoms. The summed E-state index contributed by atoms with van der Waals surface area (Å²) in [5.41, 5.74) is 15.0. The Bertz CT molecular complexity index is 1490. The molecule has 1 heterocycles. The number of aryl methyl sites for hydroxylation is 2. The summed E-state index contributed by atoms with van der Waals surface area (Å²) in [6.45, 7) is 3.78. The number of nitrogens with two attached hydrogens (primary N) is 1. The smallest absolute Gasteiger partial charge is 0.352 e. The number of hydrogen-bond donors (Lipinski definition) is 5. The first-order chi connectivity index (χ1) is 19.3. The molecule has 0 saturated carbocycles. The molecule has 0 bridgehead atoms. The minimum absolute atomic E-state index is 0.135. The lowest BCUT2D eigenvalue weighted by Gasteiger charge is -2.25. The van der Waals surface area contributed by atoms with Gasteiger partial charge in [0, 0.05) is 52.1 Å². The number of hydrogen-bond acceptors (Lipinski definition) is 7. The summed E-state index contributed by atoms with van der Waals surface area (Å²) in [5, 5.41) is 14.1. The number of aromatic carboxylic acids is 1. The predicted octanol–water partition coefficient (Wildman–Crippen LogP) is 5.70. The number of carbonyl (C=O) groups is 1. The molecule has 0 aliphatic heterocycles. The van der Waals surface area contributed by atoms with Crippen LogP contribution >= 0.6 is 36.0 Å². The molecular weight excluding hydrogens is 564 g/mol. The van der Waals surface area contributed by atoms with Crippen molar-refractivity contribution in [3.05, 3.63) is 70.4 Å². The quantitative estimate of drug-likeness (QED) is 0.0719. The third-order valence-corrected chi connectivity index (χ3v) is 9.00. The van der Waals surface area contributed by atoms with E-state index in [-0.39, 0.29) is 17.0 Å². The van der Waals surface area contributed by atoms with Crippen LogP contribution in [0.3, 0.4) is 0 Å². The summed E-state index contributed by atoms with van der Waals surface area (Å²) in [6, 6.07) is 15.9. The average Bonchev–Trinajstić information content (AvgIpc) is 3.21. The Morgan fingerprint density at radius 3 is 2.70 bits per heavy atom. The number of benzene rings is 3. The monoisotopic (exact) mass is 600 g/mol. The fourth-order valence-electron chi connectivity index (χ4n) is 5.27. The van der Waals surface area contributed by atoms with Gasteiger partial charge in [-0.05, 0) is 67.2 Å². The van der Waals surface area contributed by atoms with Crippen molar-refractivity contribution in [2.24, 2.45) is 12.8 Å². The van der Waals surface area contributed by atoms with Crippen molar-refractivity contribution >= 4 is 63.6 Å². The van der Waals surface area contributed by atoms with E-state index in [0.717, 1.165) is 43.4 Å². The number of aromatic nitrogens is 1. The van der Waals surface area contributed by atoms with E-state index in [1.807, 2.05) is 55.6 Å². The first-order valence-electron chi connectivity index (χ1n) is 13.3. The molecule has 0 saturated heterocycles. The Balaban J connectivity index is 1.59. The maximum Gasteiger partial charge on any atom is 0.352 e. The summed E-state index contributed by atoms with van der Waals surface area (Å²) in [4.78, 5) is 13.3. The topological polar surface area (TPSA) is 102 Å². The van der Waals surface area contributed by atoms with E-state index in [1.54, 1.807) is 16.3 Å². The standard InChI is InChI=1S/C30H37ClN4O3S2/c1-18(34-33-13-12-32)27(40-3)17-24-25(31)11-10-23-22(29(30(36)37)35(2)28(23)24)9-6-14-38-26-16-20(39)15-19-7-4-5-8-21(19)26/h4-5,7-8,10-11,15-16,18,27,33-34,39H,6,9,12-14,17,32H2,1-3H3,(H,36,37)/t18?,27-/m0/s1. The zero-order chi connectivity index (χ0) is 28.8. The van der Waals surface area contributed by atoms with Gasteiger partial charge in [0.05, 0.1) is 12.1 Å². The van der Waals surface area contributed by atoms with Crippen LogP contribution in [0.25, 0.3) is 21.7 Å². The van der Waals surface area contributed by atoms with Crippen LogP contribution in [0.4, 0.5) is 0 Å². The van der Waals surface area contributed by atoms with Crippen molar-refractivity contribution in [1.29, 1.82) is 0 Å². The van der Waals surface area contributed by atoms with Gasteiger partial charge in [-0.2, -0.15) is 11.8 Å². The lowest BCUT2D eigenvalue weighted by Crippen LogP contribution is -2.46. The Kier molecular flexibility index (Phi) is 10.7. The molecule has 0 spiro atoms. The number of ether oxygens (including phenoxy) is 1. The van der Waals surface area contributed by atoms with Gasteiger partial charge in [-0.3, -0.25) is 10.9 Å². The van der Waals surface area contributed by atoms with Gasteiger partial charge in [-0.1, -0.05) is 41.9 Å². The van der Waals surface area contributed by atoms with E-state index in [0.29, 0.717) is 44.0 Å². The number of hydrazine groups is 1. The van der Waals surface area contributed by atoms with Crippen LogP contribution in [0.2, 0.25) is 5.02 Å². The third-order valence-electron chi connectivity index (χ3n) is 7.21. The average molecular weight is 601 g/mol. The predicted molar refractivity (Wildman–Crippen MR) is 171 cm³/mol. The molecule has 3 aromatic carbocycles. The Labute approximate surface area is 250 Å². The number of carboxylic acids is 1. The van der Waals surface area contributed by atoms with Crippen LogP contribution in [0.15, 0.2) is 53.4 Å². The molecule has 1 unspecified atom stereocenters. The summed E-state index contributed by atoms with van der Waals surface area (Å²) >= 11 is 13.0. The number of thiol groups is 1. The van der Waals surface area contributed by atoms with Crippen molar-refractivity contribution in [1.82, 2.24) is 15.4 Å². The van der Waals surface area contributed by atoms with Crippen LogP contribution in [-0.4, -0.2) is 52.9 Å². The number of thioether (sulfide) groups is 1. The summed E-state index contributed by atoms with van der Waals surface area (Å²) in [7, 11) is 1.81. The van der Waals surface area contributed by atoms with E-state index in [4.69, 9.17) is 22.1 Å². The van der Waals surface area contributed by atoms with Gasteiger partial charge in [-0.15, -0.1) is 12.6 Å². The highest BCUT2D eigenvalue weighted by molar-refractivity contribution is 7.99. The highest BCUT2D eigenvalue weighted by Gasteiger charge is 2.26. The van der Waals surface area contributed by atoms with Crippen LogP contribution < -0.4 is 21.3 Å². The van der Waals surface area contributed by atoms with Crippen LogP contribution in [0.5, 0.6) is 5.75 Å². The van der Waals surface area contributed by atoms with Gasteiger partial charge < -0.3 is 20.1 Å². The normalized spacial score (nSPS) is 13.2. The molecule has 4 aromatic rings. The number of nitrogens with one attached hydrogen (secondary N) is 2. The lowest BCUT2D eigenvalue weighted by atomic mass is 10.00. The Morgan fingerprint density at radius 2 is 1.98 bits per heavy atom. The number of nitrogens with zero attached hydrogens (tertiary/aromatic N) is 1. The molecule has 5 N–H and O–H groups in total. The van der Waals surface area contributed by atoms with E-state index in [1.165, 1.54) is 0 Å². The molecule has 0 aliphatic rings. The van der Waals surface area contributed by atoms with Crippen molar-refractivity contribution in [3.8, 4) is 5.75 Å². The van der Waals surface area contributed by atoms with E-state index >= 15 is 0 Å². The van der Waals surface area contributed by atoms with Gasteiger partial charge in [0.25, 0.3) is 0 Å². The first kappa shape index (κ1) is 30.6. The first-order valence-corrected chi connectivity index (χ1v) is 15.5. The van der Waals surface area contributed by atoms with E-state index < -0.39 is 5.97 Å². The molecule has 40 heavy (non-hydrogen) atoms. The van der Waals surface area contributed by atoms with Crippen molar-refractivity contribution in [2.45, 2.75) is 42.4 Å². The van der Waals surface area contributed by atoms with Gasteiger partial charge in [0.1, 0.15) is 11.4 Å². The van der Waals surface area contributed by atoms with Gasteiger partial charge in [-0.25, -0.2) is 4.79 Å². The Morgan fingerprint density at radius 1 is 1.20 bits per heavy atom. The second-order valence-electron chi connectivity index (χ2n) is 9.86. The van der Waals surface area contributed by atoms with Crippen molar-refractivity contribution < 1.29 is 14.6 Å². The molecule has 4 rings (SSSR count). The SMILES string of the molecule is CS[C@@H](Cc1c(Cl)ccc2c(CCCOc3cc(S)cc4ccccc34)c(C(=O)O)n(C)c12)C(C)NNCCN. The number of halogens is 1. The molecular formula is C30H37ClN4O3S2. The third kappa shape index (κ3) is 6.73. The summed E-state index contributed by atoms with van der Waals surface area (Å²) in [6.07, 6.45) is 3.98. The molecule has 0 radical (unpaired) electrons. The van der Waals surface area contributed by atoms with E-state index in [2.05, 4.69) is 36.7 Å². The van der Waals surface area contributed by atoms with Crippen LogP contribution in [0.1, 0.15) is 35.0 Å². The maximum absolute atomic E-state index is 12.5. The number of fused-ring (bicyclic) bond motifs is 2. The largest absolute Gasteiger partial charge is 0.493 e. The lowest BCUT2D eigenvalue weighted by molar-refractivity contribution is 0.0685. The molecule has 0 aliphatic carbocycles. The number of rotatable bonds is 14. The van der Waals surface area contributed by atoms with E-state index in [9.17, 15) is 9.90 Å². The fourth-order valence-corrected chi connectivity index (χ4v) is 6.57. The molecule has 0 amide bonds. The Hall–Kier alpha value is -2.40. The molecule has 1 aromatic heterocycles. The van der Waals surface area contributed by atoms with Crippen LogP contribution in [0, 0.1) is 0 Å². The molecule has 2 atom stereocenters. The molecule has 0 fully saturated rings. The maximum atomic E-state index is 12.5. The zero-order valence-corrected chi connectivity index (χ0v) is 25.5. The summed E-state index contributed by atoms with van der Waals surface area (Å²) in [5.74, 6) is -0.173. The van der Waals surface area contributed by atoms with Crippen LogP contribution in [-0.2, 0) is 19.9 Å². The second kappa shape index (κ2) is 14.0. The minimum Gasteiger partial charge on any atom is -0.493 e. The minimum atomic E-state index is -0.951. The van der Waals surface area contributed by atoms with Gasteiger partial charge in [0.2, 0.25) is 0 Å². The summed E-state index contributed by atoms with van der Waals surface area (Å²) < 4.78 is 7.96. The highest BCUT2D eigenvalue weighted by Crippen LogP contribution is 2.36. The van der Waals surface area contributed by atoms with Crippen molar-refractivity contribution in [2.75, 3.05) is 26.0 Å². The van der Waals surface area contributed by atoms with Crippen molar-refractivity contribution in [3.63, 3.8) is 0 Å². The molecule has 7 nitrogen and oxygen atoms in total. The highest BCUT2D eigenvalue weighted by atomic mass is 35.5. The number of carboxylic acid groups (broad SMARTS) is 1. The molecule has 214 valence electrons. The second-order valence-corrected chi connectivity index (χ2v) is 11.9. The fraction of sp³-hybridized carbons (Fsp3) is 0.367. The van der Waals surface area contributed by atoms with Gasteiger partial charge >= 0.3 is 5.97 Å².